The number of amides is 1. The molecule has 0 saturated heterocycles. The number of allylic oxidation sites excluding steroid dienone is 1. The second-order valence-corrected chi connectivity index (χ2v) is 9.80. The van der Waals surface area contributed by atoms with Gasteiger partial charge in [0.1, 0.15) is 6.04 Å². The molecular weight excluding hydrogens is 454 g/mol. The Morgan fingerprint density at radius 3 is 2.70 bits per heavy atom. The number of thiophene rings is 1. The average molecular weight is 476 g/mol. The van der Waals surface area contributed by atoms with Crippen LogP contribution in [0.2, 0.25) is 0 Å². The largest absolute Gasteiger partial charge is 0.322 e. The highest BCUT2D eigenvalue weighted by atomic mass is 32.1. The molecule has 0 unspecified atom stereocenters. The summed E-state index contributed by atoms with van der Waals surface area (Å²) in [4.78, 5) is 33.2. The number of rotatable bonds is 4. The monoisotopic (exact) mass is 475 g/mol. The Balaban J connectivity index is 1.65. The van der Waals surface area contributed by atoms with Crippen molar-refractivity contribution < 1.29 is 4.79 Å². The van der Waals surface area contributed by atoms with Gasteiger partial charge >= 0.3 is 0 Å². The molecule has 1 aromatic carbocycles. The normalized spacial score (nSPS) is 16.0. The molecule has 4 heterocycles. The SMILES string of the molecule is CC1=C(C(=O)Nc2ccccc2C)[C@@H](c2cccs2)n2c(sc(=Cc3cnn(C)c3)c2=O)=N1. The van der Waals surface area contributed by atoms with Crippen molar-refractivity contribution in [3.05, 3.63) is 101 Å². The molecule has 9 heteroatoms. The maximum absolute atomic E-state index is 13.5. The van der Waals surface area contributed by atoms with Crippen LogP contribution in [0.5, 0.6) is 0 Å². The highest BCUT2D eigenvalue weighted by Gasteiger charge is 2.33. The van der Waals surface area contributed by atoms with Crippen LogP contribution in [0.15, 0.2) is 75.2 Å². The summed E-state index contributed by atoms with van der Waals surface area (Å²) in [7, 11) is 1.83. The first kappa shape index (κ1) is 21.3. The second kappa shape index (κ2) is 8.42. The third kappa shape index (κ3) is 3.90. The zero-order chi connectivity index (χ0) is 23.1. The number of nitrogens with one attached hydrogen (secondary N) is 1. The third-order valence-electron chi connectivity index (χ3n) is 5.49. The fourth-order valence-electron chi connectivity index (χ4n) is 3.90. The van der Waals surface area contributed by atoms with Crippen molar-refractivity contribution in [1.29, 1.82) is 0 Å². The Kier molecular flexibility index (Phi) is 5.43. The van der Waals surface area contributed by atoms with Gasteiger partial charge in [-0.05, 0) is 43.0 Å². The van der Waals surface area contributed by atoms with E-state index in [1.165, 1.54) is 22.7 Å². The minimum absolute atomic E-state index is 0.172. The minimum Gasteiger partial charge on any atom is -0.322 e. The van der Waals surface area contributed by atoms with Crippen LogP contribution >= 0.6 is 22.7 Å². The van der Waals surface area contributed by atoms with Gasteiger partial charge in [0.05, 0.1) is 22.0 Å². The van der Waals surface area contributed by atoms with Gasteiger partial charge in [0.2, 0.25) is 0 Å². The Labute approximate surface area is 197 Å². The predicted octanol–water partition coefficient (Wildman–Crippen LogP) is 2.98. The summed E-state index contributed by atoms with van der Waals surface area (Å²) in [5.41, 5.74) is 3.45. The molecule has 1 aliphatic rings. The number of anilines is 1. The zero-order valence-corrected chi connectivity index (χ0v) is 19.9. The van der Waals surface area contributed by atoms with Gasteiger partial charge in [-0.1, -0.05) is 35.6 Å². The quantitative estimate of drug-likeness (QED) is 0.493. The Bertz CT molecular complexity index is 1570. The Morgan fingerprint density at radius 2 is 2.00 bits per heavy atom. The van der Waals surface area contributed by atoms with Crippen molar-refractivity contribution in [3.63, 3.8) is 0 Å². The van der Waals surface area contributed by atoms with Crippen LogP contribution < -0.4 is 20.2 Å². The maximum Gasteiger partial charge on any atom is 0.271 e. The minimum atomic E-state index is -0.540. The van der Waals surface area contributed by atoms with Crippen LogP contribution in [0.25, 0.3) is 6.08 Å². The van der Waals surface area contributed by atoms with E-state index < -0.39 is 6.04 Å². The number of carbonyl (C=O) groups excluding carboxylic acids is 1. The van der Waals surface area contributed by atoms with E-state index in [2.05, 4.69) is 15.4 Å². The first-order valence-electron chi connectivity index (χ1n) is 10.3. The van der Waals surface area contributed by atoms with E-state index in [1.54, 1.807) is 15.4 Å². The van der Waals surface area contributed by atoms with Crippen molar-refractivity contribution in [1.82, 2.24) is 14.3 Å². The molecule has 3 aromatic heterocycles. The number of aromatic nitrogens is 3. The van der Waals surface area contributed by atoms with Crippen LogP contribution in [0.3, 0.4) is 0 Å². The van der Waals surface area contributed by atoms with Gasteiger partial charge < -0.3 is 5.32 Å². The molecular formula is C24H21N5O2S2. The van der Waals surface area contributed by atoms with Gasteiger partial charge in [0.25, 0.3) is 11.5 Å². The Morgan fingerprint density at radius 1 is 1.18 bits per heavy atom. The highest BCUT2D eigenvalue weighted by Crippen LogP contribution is 2.33. The number of para-hydroxylation sites is 1. The molecule has 33 heavy (non-hydrogen) atoms. The molecule has 0 bridgehead atoms. The van der Waals surface area contributed by atoms with E-state index in [9.17, 15) is 9.59 Å². The lowest BCUT2D eigenvalue weighted by Gasteiger charge is -2.24. The van der Waals surface area contributed by atoms with Crippen molar-refractivity contribution in [3.8, 4) is 0 Å². The third-order valence-corrected chi connectivity index (χ3v) is 7.40. The first-order chi connectivity index (χ1) is 15.9. The van der Waals surface area contributed by atoms with Crippen LogP contribution in [0.4, 0.5) is 5.69 Å². The first-order valence-corrected chi connectivity index (χ1v) is 12.0. The average Bonchev–Trinajstić information content (AvgIpc) is 3.51. The number of fused-ring (bicyclic) bond motifs is 1. The van der Waals surface area contributed by atoms with E-state index in [0.717, 1.165) is 21.7 Å². The highest BCUT2D eigenvalue weighted by molar-refractivity contribution is 7.10. The zero-order valence-electron chi connectivity index (χ0n) is 18.3. The van der Waals surface area contributed by atoms with Crippen LogP contribution in [-0.2, 0) is 11.8 Å². The molecule has 1 atom stereocenters. The van der Waals surface area contributed by atoms with E-state index in [1.807, 2.05) is 74.9 Å². The van der Waals surface area contributed by atoms with E-state index in [-0.39, 0.29) is 11.5 Å². The maximum atomic E-state index is 13.5. The summed E-state index contributed by atoms with van der Waals surface area (Å²) in [6.45, 7) is 3.77. The van der Waals surface area contributed by atoms with Crippen molar-refractivity contribution in [2.75, 3.05) is 5.32 Å². The van der Waals surface area contributed by atoms with Gasteiger partial charge in [0.15, 0.2) is 4.80 Å². The molecule has 166 valence electrons. The molecule has 0 spiro atoms. The molecule has 1 amide bonds. The predicted molar refractivity (Wildman–Crippen MR) is 131 cm³/mol. The topological polar surface area (TPSA) is 81.3 Å². The lowest BCUT2D eigenvalue weighted by Crippen LogP contribution is -2.40. The molecule has 7 nitrogen and oxygen atoms in total. The summed E-state index contributed by atoms with van der Waals surface area (Å²) >= 11 is 2.84. The smallest absolute Gasteiger partial charge is 0.271 e. The number of thiazole rings is 1. The fourth-order valence-corrected chi connectivity index (χ4v) is 5.77. The fraction of sp³-hybridized carbons (Fsp3) is 0.167. The molecule has 1 N–H and O–H groups in total. The van der Waals surface area contributed by atoms with Gasteiger partial charge in [-0.3, -0.25) is 18.8 Å². The van der Waals surface area contributed by atoms with Crippen LogP contribution in [-0.4, -0.2) is 20.3 Å². The molecule has 5 rings (SSSR count). The van der Waals surface area contributed by atoms with Gasteiger partial charge in [0, 0.05) is 29.4 Å². The van der Waals surface area contributed by atoms with Crippen LogP contribution in [0, 0.1) is 6.92 Å². The number of hydrogen-bond acceptors (Lipinski definition) is 6. The van der Waals surface area contributed by atoms with Crippen molar-refractivity contribution >= 4 is 40.3 Å². The molecule has 0 fully saturated rings. The number of carbonyl (C=O) groups is 1. The number of nitrogens with zero attached hydrogens (tertiary/aromatic N) is 4. The molecule has 4 aromatic rings. The van der Waals surface area contributed by atoms with E-state index >= 15 is 0 Å². The summed E-state index contributed by atoms with van der Waals surface area (Å²) < 4.78 is 3.88. The van der Waals surface area contributed by atoms with Gasteiger partial charge in [-0.2, -0.15) is 5.10 Å². The lowest BCUT2D eigenvalue weighted by atomic mass is 10.0. The number of hydrogen-bond donors (Lipinski definition) is 1. The summed E-state index contributed by atoms with van der Waals surface area (Å²) in [6, 6.07) is 11.0. The Hall–Kier alpha value is -3.56. The van der Waals surface area contributed by atoms with Crippen molar-refractivity contribution in [2.45, 2.75) is 19.9 Å². The molecule has 0 radical (unpaired) electrons. The van der Waals surface area contributed by atoms with Gasteiger partial charge in [-0.25, -0.2) is 4.99 Å². The second-order valence-electron chi connectivity index (χ2n) is 7.81. The van der Waals surface area contributed by atoms with E-state index in [0.29, 0.717) is 20.6 Å². The number of benzene rings is 1. The molecule has 0 aliphatic carbocycles. The molecule has 0 saturated carbocycles. The standard InChI is InChI=1S/C24H21N5O2S2/c1-14-7-4-5-8-17(14)27-22(30)20-15(2)26-24-29(21(20)18-9-6-10-32-18)23(31)19(33-24)11-16-12-25-28(3)13-16/h4-13,21H,1-3H3,(H,27,30)/t21-/m1/s1. The summed E-state index contributed by atoms with van der Waals surface area (Å²) in [5.74, 6) is -0.259. The summed E-state index contributed by atoms with van der Waals surface area (Å²) in [5, 5.41) is 9.14. The van der Waals surface area contributed by atoms with Crippen molar-refractivity contribution in [2.24, 2.45) is 12.0 Å². The van der Waals surface area contributed by atoms with Crippen LogP contribution in [0.1, 0.15) is 29.0 Å². The summed E-state index contributed by atoms with van der Waals surface area (Å²) in [6.07, 6.45) is 5.37. The van der Waals surface area contributed by atoms with E-state index in [4.69, 9.17) is 0 Å². The number of aryl methyl sites for hydroxylation is 2. The molecule has 1 aliphatic heterocycles. The lowest BCUT2D eigenvalue weighted by molar-refractivity contribution is -0.113. The van der Waals surface area contributed by atoms with Gasteiger partial charge in [-0.15, -0.1) is 11.3 Å².